The van der Waals surface area contributed by atoms with Crippen molar-refractivity contribution in [3.63, 3.8) is 0 Å². The average molecular weight is 436 g/mol. The molecule has 31 heavy (non-hydrogen) atoms. The maximum absolute atomic E-state index is 14.0. The van der Waals surface area contributed by atoms with Crippen LogP contribution >= 0.6 is 11.3 Å². The third kappa shape index (κ3) is 3.72. The molecule has 8 heteroatoms. The second kappa shape index (κ2) is 7.53. The van der Waals surface area contributed by atoms with Gasteiger partial charge in [0.1, 0.15) is 5.82 Å². The number of pyridine rings is 1. The Morgan fingerprint density at radius 1 is 1.23 bits per heavy atom. The number of halogens is 1. The second-order valence-corrected chi connectivity index (χ2v) is 9.06. The molecule has 1 amide bonds. The predicted molar refractivity (Wildman–Crippen MR) is 119 cm³/mol. The van der Waals surface area contributed by atoms with Crippen LogP contribution in [0.1, 0.15) is 51.2 Å². The standard InChI is InChI=1S/C23H22FN5OS/c1-13-21-19(10-20(15-4-5-15)26-22(21)28(3)27-13)23(30)29(11-17-12-31-14(2)25-17)18-8-6-16(24)7-9-18/h6-10,12,15H,4-5,11H2,1-3H3. The van der Waals surface area contributed by atoms with Crippen molar-refractivity contribution in [3.05, 3.63) is 69.2 Å². The molecule has 3 heterocycles. The quantitative estimate of drug-likeness (QED) is 0.447. The van der Waals surface area contributed by atoms with Crippen molar-refractivity contribution in [2.24, 2.45) is 7.05 Å². The van der Waals surface area contributed by atoms with Crippen LogP contribution in [-0.2, 0) is 13.6 Å². The Bertz CT molecular complexity index is 1290. The van der Waals surface area contributed by atoms with E-state index in [0.717, 1.165) is 40.3 Å². The van der Waals surface area contributed by atoms with Crippen LogP contribution in [-0.4, -0.2) is 25.7 Å². The number of hydrogen-bond acceptors (Lipinski definition) is 5. The number of benzene rings is 1. The minimum atomic E-state index is -0.342. The molecule has 0 atom stereocenters. The average Bonchev–Trinajstić information content (AvgIpc) is 3.46. The molecule has 0 N–H and O–H groups in total. The molecule has 4 aromatic rings. The van der Waals surface area contributed by atoms with Crippen LogP contribution in [0.4, 0.5) is 10.1 Å². The van der Waals surface area contributed by atoms with Gasteiger partial charge in [-0.15, -0.1) is 11.3 Å². The van der Waals surface area contributed by atoms with Gasteiger partial charge in [0.25, 0.3) is 5.91 Å². The zero-order valence-corrected chi connectivity index (χ0v) is 18.4. The van der Waals surface area contributed by atoms with Gasteiger partial charge < -0.3 is 4.90 Å². The van der Waals surface area contributed by atoms with Crippen LogP contribution in [0.2, 0.25) is 0 Å². The fourth-order valence-corrected chi connectivity index (χ4v) is 4.51. The number of aromatic nitrogens is 4. The van der Waals surface area contributed by atoms with E-state index in [1.165, 1.54) is 12.1 Å². The summed E-state index contributed by atoms with van der Waals surface area (Å²) in [5, 5.41) is 8.16. The maximum Gasteiger partial charge on any atom is 0.259 e. The lowest BCUT2D eigenvalue weighted by atomic mass is 10.1. The molecule has 1 aliphatic carbocycles. The van der Waals surface area contributed by atoms with E-state index in [4.69, 9.17) is 4.98 Å². The number of aryl methyl sites for hydroxylation is 3. The summed E-state index contributed by atoms with van der Waals surface area (Å²) >= 11 is 1.54. The lowest BCUT2D eigenvalue weighted by Gasteiger charge is -2.23. The summed E-state index contributed by atoms with van der Waals surface area (Å²) in [5.41, 5.74) is 4.41. The first kappa shape index (κ1) is 19.8. The van der Waals surface area contributed by atoms with Crippen molar-refractivity contribution in [2.45, 2.75) is 39.2 Å². The van der Waals surface area contributed by atoms with Crippen LogP contribution in [0, 0.1) is 19.7 Å². The Morgan fingerprint density at radius 3 is 2.61 bits per heavy atom. The second-order valence-electron chi connectivity index (χ2n) is 8.00. The molecule has 0 unspecified atom stereocenters. The molecule has 6 nitrogen and oxygen atoms in total. The van der Waals surface area contributed by atoms with E-state index in [2.05, 4.69) is 10.1 Å². The van der Waals surface area contributed by atoms with Gasteiger partial charge in [0.15, 0.2) is 5.65 Å². The molecule has 0 aliphatic heterocycles. The fourth-order valence-electron chi connectivity index (χ4n) is 3.91. The van der Waals surface area contributed by atoms with Crippen LogP contribution in [0.25, 0.3) is 11.0 Å². The topological polar surface area (TPSA) is 63.9 Å². The van der Waals surface area contributed by atoms with E-state index in [0.29, 0.717) is 29.4 Å². The number of carbonyl (C=O) groups is 1. The zero-order valence-electron chi connectivity index (χ0n) is 17.6. The van der Waals surface area contributed by atoms with Gasteiger partial charge in [-0.2, -0.15) is 5.10 Å². The van der Waals surface area contributed by atoms with Gasteiger partial charge in [0.05, 0.1) is 33.9 Å². The summed E-state index contributed by atoms with van der Waals surface area (Å²) in [4.78, 5) is 24.9. The van der Waals surface area contributed by atoms with E-state index < -0.39 is 0 Å². The minimum absolute atomic E-state index is 0.164. The minimum Gasteiger partial charge on any atom is -0.302 e. The molecule has 1 fully saturated rings. The molecule has 0 saturated heterocycles. The molecule has 1 saturated carbocycles. The van der Waals surface area contributed by atoms with Gasteiger partial charge in [-0.3, -0.25) is 9.48 Å². The highest BCUT2D eigenvalue weighted by Crippen LogP contribution is 2.40. The smallest absolute Gasteiger partial charge is 0.259 e. The lowest BCUT2D eigenvalue weighted by molar-refractivity contribution is 0.0986. The Kier molecular flexibility index (Phi) is 4.81. The number of amides is 1. The summed E-state index contributed by atoms with van der Waals surface area (Å²) in [5.74, 6) is -0.111. The summed E-state index contributed by atoms with van der Waals surface area (Å²) in [6.45, 7) is 4.13. The van der Waals surface area contributed by atoms with Gasteiger partial charge in [-0.1, -0.05) is 0 Å². The van der Waals surface area contributed by atoms with Gasteiger partial charge in [-0.25, -0.2) is 14.4 Å². The van der Waals surface area contributed by atoms with Crippen molar-refractivity contribution in [1.29, 1.82) is 0 Å². The third-order valence-electron chi connectivity index (χ3n) is 5.58. The highest BCUT2D eigenvalue weighted by molar-refractivity contribution is 7.09. The largest absolute Gasteiger partial charge is 0.302 e. The van der Waals surface area contributed by atoms with E-state index in [9.17, 15) is 9.18 Å². The van der Waals surface area contributed by atoms with Gasteiger partial charge >= 0.3 is 0 Å². The van der Waals surface area contributed by atoms with Crippen molar-refractivity contribution < 1.29 is 9.18 Å². The Labute approximate surface area is 183 Å². The van der Waals surface area contributed by atoms with Crippen molar-refractivity contribution in [1.82, 2.24) is 19.7 Å². The SMILES string of the molecule is Cc1nc(CN(C(=O)c2cc(C3CC3)nc3c2c(C)nn3C)c2ccc(F)cc2)cs1. The Balaban J connectivity index is 1.65. The first-order valence-electron chi connectivity index (χ1n) is 10.2. The molecule has 0 bridgehead atoms. The number of nitrogens with zero attached hydrogens (tertiary/aromatic N) is 5. The maximum atomic E-state index is 14.0. The number of thiazole rings is 1. The van der Waals surface area contributed by atoms with E-state index in [1.54, 1.807) is 33.1 Å². The Morgan fingerprint density at radius 2 is 1.97 bits per heavy atom. The molecule has 0 radical (unpaired) electrons. The van der Waals surface area contributed by atoms with Crippen LogP contribution in [0.5, 0.6) is 0 Å². The third-order valence-corrected chi connectivity index (χ3v) is 6.41. The summed E-state index contributed by atoms with van der Waals surface area (Å²) in [7, 11) is 1.85. The molecular formula is C23H22FN5OS. The van der Waals surface area contributed by atoms with Crippen molar-refractivity contribution in [2.75, 3.05) is 4.90 Å². The monoisotopic (exact) mass is 435 g/mol. The predicted octanol–water partition coefficient (Wildman–Crippen LogP) is 4.91. The van der Waals surface area contributed by atoms with Crippen LogP contribution in [0.15, 0.2) is 35.7 Å². The lowest BCUT2D eigenvalue weighted by Crippen LogP contribution is -2.31. The number of carbonyl (C=O) groups excluding carboxylic acids is 1. The van der Waals surface area contributed by atoms with Crippen LogP contribution in [0.3, 0.4) is 0 Å². The van der Waals surface area contributed by atoms with E-state index in [1.807, 2.05) is 32.3 Å². The van der Waals surface area contributed by atoms with E-state index >= 15 is 0 Å². The number of anilines is 1. The molecule has 1 aromatic carbocycles. The Hall–Kier alpha value is -3.13. The van der Waals surface area contributed by atoms with Gasteiger partial charge in [-0.05, 0) is 57.0 Å². The molecule has 3 aromatic heterocycles. The summed E-state index contributed by atoms with van der Waals surface area (Å²) in [6, 6.07) is 7.91. The first-order valence-corrected chi connectivity index (χ1v) is 11.1. The normalized spacial score (nSPS) is 13.7. The molecule has 0 spiro atoms. The first-order chi connectivity index (χ1) is 14.9. The fraction of sp³-hybridized carbons (Fsp3) is 0.304. The highest BCUT2D eigenvalue weighted by Gasteiger charge is 2.30. The molecule has 158 valence electrons. The number of fused-ring (bicyclic) bond motifs is 1. The number of hydrogen-bond donors (Lipinski definition) is 0. The number of rotatable bonds is 5. The van der Waals surface area contributed by atoms with Crippen molar-refractivity contribution >= 4 is 34.0 Å². The van der Waals surface area contributed by atoms with Crippen LogP contribution < -0.4 is 4.90 Å². The molecular weight excluding hydrogens is 413 g/mol. The van der Waals surface area contributed by atoms with E-state index in [-0.39, 0.29) is 11.7 Å². The van der Waals surface area contributed by atoms with Gasteiger partial charge in [0.2, 0.25) is 0 Å². The highest BCUT2D eigenvalue weighted by atomic mass is 32.1. The summed E-state index contributed by atoms with van der Waals surface area (Å²) < 4.78 is 15.3. The van der Waals surface area contributed by atoms with Gasteiger partial charge in [0, 0.05) is 29.7 Å². The zero-order chi connectivity index (χ0) is 21.7. The molecule has 5 rings (SSSR count). The summed E-state index contributed by atoms with van der Waals surface area (Å²) in [6.07, 6.45) is 2.17. The molecule has 1 aliphatic rings. The van der Waals surface area contributed by atoms with Crippen molar-refractivity contribution in [3.8, 4) is 0 Å².